The maximum atomic E-state index is 6.97. The van der Waals surface area contributed by atoms with Gasteiger partial charge in [-0.15, -0.1) is 11.3 Å². The first-order chi connectivity index (χ1) is 19.0. The van der Waals surface area contributed by atoms with Crippen LogP contribution in [0.5, 0.6) is 11.5 Å². The minimum atomic E-state index is 0.377. The zero-order valence-electron chi connectivity index (χ0n) is 23.0. The average Bonchev–Trinajstić information content (AvgIpc) is 3.33. The number of fused-ring (bicyclic) bond motifs is 1. The number of halogens is 1. The van der Waals surface area contributed by atoms with Gasteiger partial charge in [-0.3, -0.25) is 0 Å². The molecule has 1 saturated carbocycles. The van der Waals surface area contributed by atoms with Crippen LogP contribution < -0.4 is 14.8 Å². The van der Waals surface area contributed by atoms with E-state index < -0.39 is 0 Å². The largest absolute Gasteiger partial charge is 0.497 e. The fourth-order valence-electron chi connectivity index (χ4n) is 5.60. The fraction of sp³-hybridized carbons (Fsp3) is 0.333. The Hall–Kier alpha value is -2.99. The van der Waals surface area contributed by atoms with E-state index in [1.807, 2.05) is 25.1 Å². The number of nitrogens with zero attached hydrogens (tertiary/aromatic N) is 1. The van der Waals surface area contributed by atoms with Gasteiger partial charge in [-0.1, -0.05) is 54.6 Å². The van der Waals surface area contributed by atoms with Gasteiger partial charge < -0.3 is 19.7 Å². The molecule has 1 heterocycles. The average molecular weight is 561 g/mol. The van der Waals surface area contributed by atoms with Crippen molar-refractivity contribution >= 4 is 38.7 Å². The van der Waals surface area contributed by atoms with Crippen LogP contribution >= 0.6 is 22.9 Å². The van der Waals surface area contributed by atoms with E-state index in [2.05, 4.69) is 72.4 Å². The van der Waals surface area contributed by atoms with Crippen LogP contribution in [0.25, 0.3) is 26.9 Å². The lowest BCUT2D eigenvalue weighted by atomic mass is 9.89. The molecule has 1 aliphatic carbocycles. The molecule has 0 amide bonds. The maximum Gasteiger partial charge on any atom is 0.124 e. The minimum absolute atomic E-state index is 0.377. The van der Waals surface area contributed by atoms with Crippen molar-refractivity contribution in [1.29, 1.82) is 0 Å². The molecule has 0 aliphatic heterocycles. The van der Waals surface area contributed by atoms with E-state index in [1.165, 1.54) is 4.70 Å². The van der Waals surface area contributed by atoms with Crippen LogP contribution in [0.1, 0.15) is 43.0 Å². The number of ether oxygens (including phenoxy) is 2. The summed E-state index contributed by atoms with van der Waals surface area (Å²) in [6, 6.07) is 24.0. The molecule has 1 aliphatic rings. The summed E-state index contributed by atoms with van der Waals surface area (Å²) in [5.74, 6) is 1.77. The third kappa shape index (κ3) is 5.96. The lowest BCUT2D eigenvalue weighted by molar-refractivity contribution is 0.203. The van der Waals surface area contributed by atoms with E-state index >= 15 is 0 Å². The van der Waals surface area contributed by atoms with E-state index in [-0.39, 0.29) is 0 Å². The van der Waals surface area contributed by atoms with Crippen molar-refractivity contribution in [2.24, 2.45) is 0 Å². The highest BCUT2D eigenvalue weighted by molar-refractivity contribution is 7.20. The Bertz CT molecular complexity index is 1420. The number of methoxy groups -OCH3 is 1. The first-order valence-electron chi connectivity index (χ1n) is 13.7. The van der Waals surface area contributed by atoms with Crippen LogP contribution in [-0.2, 0) is 6.54 Å². The number of nitrogens with one attached hydrogen (secondary N) is 1. The molecular weight excluding hydrogens is 524 g/mol. The summed E-state index contributed by atoms with van der Waals surface area (Å²) in [5, 5.41) is 5.36. The van der Waals surface area contributed by atoms with Gasteiger partial charge in [-0.2, -0.15) is 0 Å². The Morgan fingerprint density at radius 2 is 1.74 bits per heavy atom. The van der Waals surface area contributed by atoms with Crippen molar-refractivity contribution in [3.05, 3.63) is 88.8 Å². The van der Waals surface area contributed by atoms with E-state index in [4.69, 9.17) is 21.1 Å². The Morgan fingerprint density at radius 3 is 2.41 bits per heavy atom. The van der Waals surface area contributed by atoms with Gasteiger partial charge in [0.1, 0.15) is 11.5 Å². The number of benzene rings is 3. The highest BCUT2D eigenvalue weighted by atomic mass is 35.5. The third-order valence-corrected chi connectivity index (χ3v) is 9.54. The Balaban J connectivity index is 1.53. The summed E-state index contributed by atoms with van der Waals surface area (Å²) in [4.78, 5) is 3.54. The van der Waals surface area contributed by atoms with Crippen LogP contribution in [-0.4, -0.2) is 37.7 Å². The molecule has 4 nitrogen and oxygen atoms in total. The summed E-state index contributed by atoms with van der Waals surface area (Å²) in [6.45, 7) is 8.01. The third-order valence-electron chi connectivity index (χ3n) is 7.81. The smallest absolute Gasteiger partial charge is 0.124 e. The molecular formula is C33H37ClN2O2S. The topological polar surface area (TPSA) is 33.7 Å². The van der Waals surface area contributed by atoms with Gasteiger partial charge in [0.15, 0.2) is 0 Å². The highest BCUT2D eigenvalue weighted by Crippen LogP contribution is 2.42. The maximum absolute atomic E-state index is 6.97. The number of hydrogen-bond donors (Lipinski definition) is 1. The molecule has 3 aromatic carbocycles. The summed E-state index contributed by atoms with van der Waals surface area (Å²) in [7, 11) is 3.76. The van der Waals surface area contributed by atoms with Gasteiger partial charge in [0.2, 0.25) is 0 Å². The van der Waals surface area contributed by atoms with Crippen molar-refractivity contribution < 1.29 is 9.47 Å². The molecule has 5 rings (SSSR count). The predicted molar refractivity (Wildman–Crippen MR) is 166 cm³/mol. The minimum Gasteiger partial charge on any atom is -0.497 e. The Kier molecular flexibility index (Phi) is 8.81. The number of rotatable bonds is 10. The lowest BCUT2D eigenvalue weighted by Crippen LogP contribution is -2.40. The van der Waals surface area contributed by atoms with Crippen molar-refractivity contribution in [1.82, 2.24) is 10.2 Å². The van der Waals surface area contributed by atoms with E-state index in [9.17, 15) is 0 Å². The monoisotopic (exact) mass is 560 g/mol. The molecule has 1 aromatic heterocycles. The van der Waals surface area contributed by atoms with Crippen molar-refractivity contribution in [3.63, 3.8) is 0 Å². The molecule has 0 bridgehead atoms. The molecule has 204 valence electrons. The van der Waals surface area contributed by atoms with Crippen LogP contribution in [0, 0.1) is 0 Å². The summed E-state index contributed by atoms with van der Waals surface area (Å²) in [5.41, 5.74) is 4.44. The van der Waals surface area contributed by atoms with Crippen LogP contribution in [0.15, 0.2) is 73.3 Å². The molecule has 1 fully saturated rings. The van der Waals surface area contributed by atoms with Gasteiger partial charge in [0.25, 0.3) is 0 Å². The summed E-state index contributed by atoms with van der Waals surface area (Å²) in [6.07, 6.45) is 4.51. The normalized spacial score (nSPS) is 17.2. The highest BCUT2D eigenvalue weighted by Gasteiger charge is 2.29. The van der Waals surface area contributed by atoms with E-state index in [0.717, 1.165) is 74.9 Å². The molecule has 0 radical (unpaired) electrons. The summed E-state index contributed by atoms with van der Waals surface area (Å²) >= 11 is 8.70. The molecule has 39 heavy (non-hydrogen) atoms. The molecule has 0 atom stereocenters. The van der Waals surface area contributed by atoms with Crippen molar-refractivity contribution in [2.45, 2.75) is 51.2 Å². The molecule has 1 N–H and O–H groups in total. The lowest BCUT2D eigenvalue weighted by Gasteiger charge is -2.39. The van der Waals surface area contributed by atoms with Crippen LogP contribution in [0.3, 0.4) is 0 Å². The zero-order chi connectivity index (χ0) is 27.4. The second-order valence-corrected chi connectivity index (χ2v) is 11.5. The molecule has 0 saturated heterocycles. The fourth-order valence-corrected chi connectivity index (χ4v) is 7.12. The second-order valence-electron chi connectivity index (χ2n) is 10.1. The molecule has 0 unspecified atom stereocenters. The van der Waals surface area contributed by atoms with Gasteiger partial charge >= 0.3 is 0 Å². The number of hydrogen-bond acceptors (Lipinski definition) is 5. The zero-order valence-corrected chi connectivity index (χ0v) is 24.6. The quantitative estimate of drug-likeness (QED) is 0.210. The second kappa shape index (κ2) is 12.5. The van der Waals surface area contributed by atoms with E-state index in [0.29, 0.717) is 25.2 Å². The standard InChI is InChI=1S/C33H37ClN2O2S/c1-5-38-30-19-12-24(23-10-17-28(37-4)18-11-23)20-25(30)21-36(27-15-13-26(35-3)14-16-27)22(2)33-32(34)29-8-6-7-9-31(29)39-33/h6-12,17-20,26-27,35H,2,5,13-16,21H2,1,3-4H3/t26-,27-. The van der Waals surface area contributed by atoms with Crippen LogP contribution in [0.2, 0.25) is 5.02 Å². The van der Waals surface area contributed by atoms with Crippen molar-refractivity contribution in [2.75, 3.05) is 20.8 Å². The van der Waals surface area contributed by atoms with Crippen LogP contribution in [0.4, 0.5) is 0 Å². The first kappa shape index (κ1) is 27.6. The molecule has 4 aromatic rings. The molecule has 0 spiro atoms. The Morgan fingerprint density at radius 1 is 1.03 bits per heavy atom. The predicted octanol–water partition coefficient (Wildman–Crippen LogP) is 8.63. The van der Waals surface area contributed by atoms with Gasteiger partial charge in [-0.05, 0) is 81.1 Å². The Labute approximate surface area is 241 Å². The van der Waals surface area contributed by atoms with Gasteiger partial charge in [0.05, 0.1) is 23.6 Å². The number of thiophene rings is 1. The van der Waals surface area contributed by atoms with E-state index in [1.54, 1.807) is 18.4 Å². The SMILES string of the molecule is C=C(c1sc2ccccc2c1Cl)N(Cc1cc(-c2ccc(OC)cc2)ccc1OCC)[C@H]1CC[C@H](NC)CC1. The van der Waals surface area contributed by atoms with Crippen molar-refractivity contribution in [3.8, 4) is 22.6 Å². The van der Waals surface area contributed by atoms with Gasteiger partial charge in [0, 0.05) is 40.0 Å². The summed E-state index contributed by atoms with van der Waals surface area (Å²) < 4.78 is 12.7. The van der Waals surface area contributed by atoms with Gasteiger partial charge in [-0.25, -0.2) is 0 Å². The molecule has 6 heteroatoms. The first-order valence-corrected chi connectivity index (χ1v) is 14.9.